The molecule has 4 nitrogen and oxygen atoms in total. The van der Waals surface area contributed by atoms with Crippen LogP contribution in [0.1, 0.15) is 30.1 Å². The maximum Gasteiger partial charge on any atom is 0.134 e. The molecule has 0 saturated carbocycles. The summed E-state index contributed by atoms with van der Waals surface area (Å²) >= 11 is 0. The summed E-state index contributed by atoms with van der Waals surface area (Å²) < 4.78 is 11.1. The number of aliphatic hydroxyl groups excluding tert-OH is 1. The molecule has 0 unspecified atom stereocenters. The minimum absolute atomic E-state index is 0.452. The maximum atomic E-state index is 9.53. The van der Waals surface area contributed by atoms with Gasteiger partial charge < -0.3 is 19.3 Å². The molecule has 114 valence electrons. The van der Waals surface area contributed by atoms with Gasteiger partial charge in [0.05, 0.1) is 25.5 Å². The van der Waals surface area contributed by atoms with Crippen LogP contribution in [-0.4, -0.2) is 5.11 Å². The van der Waals surface area contributed by atoms with Crippen LogP contribution in [-0.2, 0) is 13.1 Å². The highest BCUT2D eigenvalue weighted by atomic mass is 16.3. The Kier molecular flexibility index (Phi) is 4.42. The zero-order chi connectivity index (χ0) is 15.4. The Balaban J connectivity index is 1.60. The lowest BCUT2D eigenvalue weighted by atomic mass is 10.1. The van der Waals surface area contributed by atoms with Crippen molar-refractivity contribution in [2.24, 2.45) is 0 Å². The number of hydrogen-bond acceptors (Lipinski definition) is 4. The number of benzene rings is 1. The SMILES string of the molecule is C[C@@H](O)c1ccc(-c2ccc(CNCc3ccco3)o2)cc1. The minimum atomic E-state index is -0.452. The second kappa shape index (κ2) is 6.64. The van der Waals surface area contributed by atoms with Crippen LogP contribution < -0.4 is 5.32 Å². The average molecular weight is 297 g/mol. The molecule has 0 bridgehead atoms. The molecule has 2 N–H and O–H groups in total. The second-order valence-corrected chi connectivity index (χ2v) is 5.25. The zero-order valence-corrected chi connectivity index (χ0v) is 12.5. The van der Waals surface area contributed by atoms with Gasteiger partial charge in [0.2, 0.25) is 0 Å². The molecular weight excluding hydrogens is 278 g/mol. The van der Waals surface area contributed by atoms with Gasteiger partial charge in [-0.1, -0.05) is 24.3 Å². The molecule has 4 heteroatoms. The van der Waals surface area contributed by atoms with E-state index in [1.54, 1.807) is 13.2 Å². The van der Waals surface area contributed by atoms with E-state index in [1.165, 1.54) is 0 Å². The molecule has 0 aliphatic heterocycles. The summed E-state index contributed by atoms with van der Waals surface area (Å²) in [5.74, 6) is 2.61. The third-order valence-electron chi connectivity index (χ3n) is 3.52. The zero-order valence-electron chi connectivity index (χ0n) is 12.5. The van der Waals surface area contributed by atoms with Gasteiger partial charge in [-0.15, -0.1) is 0 Å². The Morgan fingerprint density at radius 1 is 1.00 bits per heavy atom. The number of aliphatic hydroxyl groups is 1. The molecule has 1 atom stereocenters. The lowest BCUT2D eigenvalue weighted by Gasteiger charge is -2.05. The minimum Gasteiger partial charge on any atom is -0.468 e. The van der Waals surface area contributed by atoms with E-state index in [-0.39, 0.29) is 0 Å². The Labute approximate surface area is 129 Å². The third kappa shape index (κ3) is 3.47. The lowest BCUT2D eigenvalue weighted by Crippen LogP contribution is -2.11. The fraction of sp³-hybridized carbons (Fsp3) is 0.222. The second-order valence-electron chi connectivity index (χ2n) is 5.25. The first kappa shape index (κ1) is 14.6. The number of furan rings is 2. The Morgan fingerprint density at radius 3 is 2.45 bits per heavy atom. The van der Waals surface area contributed by atoms with Gasteiger partial charge in [-0.3, -0.25) is 0 Å². The quantitative estimate of drug-likeness (QED) is 0.725. The molecule has 3 aromatic rings. The summed E-state index contributed by atoms with van der Waals surface area (Å²) in [6.07, 6.45) is 1.21. The Morgan fingerprint density at radius 2 is 1.77 bits per heavy atom. The number of hydrogen-bond donors (Lipinski definition) is 2. The van der Waals surface area contributed by atoms with Crippen molar-refractivity contribution >= 4 is 0 Å². The van der Waals surface area contributed by atoms with E-state index in [9.17, 15) is 5.11 Å². The van der Waals surface area contributed by atoms with E-state index in [4.69, 9.17) is 8.83 Å². The smallest absolute Gasteiger partial charge is 0.134 e. The first-order valence-electron chi connectivity index (χ1n) is 7.32. The summed E-state index contributed by atoms with van der Waals surface area (Å²) in [6.45, 7) is 3.07. The third-order valence-corrected chi connectivity index (χ3v) is 3.52. The number of nitrogens with one attached hydrogen (secondary N) is 1. The van der Waals surface area contributed by atoms with Crippen molar-refractivity contribution in [3.05, 3.63) is 71.9 Å². The molecule has 1 aromatic carbocycles. The summed E-state index contributed by atoms with van der Waals surface area (Å²) in [5, 5.41) is 12.8. The molecular formula is C18H19NO3. The standard InChI is InChI=1S/C18H19NO3/c1-13(20)14-4-6-15(7-5-14)18-9-8-17(22-18)12-19-11-16-3-2-10-21-16/h2-10,13,19-20H,11-12H2,1H3/t13-/m1/s1. The van der Waals surface area contributed by atoms with Crippen LogP contribution in [0.4, 0.5) is 0 Å². The van der Waals surface area contributed by atoms with Crippen molar-refractivity contribution in [1.29, 1.82) is 0 Å². The predicted molar refractivity (Wildman–Crippen MR) is 84.0 cm³/mol. The molecule has 2 aromatic heterocycles. The van der Waals surface area contributed by atoms with E-state index in [0.717, 1.165) is 28.4 Å². The van der Waals surface area contributed by atoms with E-state index in [1.807, 2.05) is 48.5 Å². The van der Waals surface area contributed by atoms with Crippen LogP contribution in [0.25, 0.3) is 11.3 Å². The summed E-state index contributed by atoms with van der Waals surface area (Å²) in [7, 11) is 0. The van der Waals surface area contributed by atoms with E-state index < -0.39 is 6.10 Å². The van der Waals surface area contributed by atoms with E-state index in [2.05, 4.69) is 5.32 Å². The molecule has 22 heavy (non-hydrogen) atoms. The van der Waals surface area contributed by atoms with Gasteiger partial charge >= 0.3 is 0 Å². The molecule has 0 saturated heterocycles. The van der Waals surface area contributed by atoms with Crippen molar-refractivity contribution < 1.29 is 13.9 Å². The van der Waals surface area contributed by atoms with E-state index >= 15 is 0 Å². The van der Waals surface area contributed by atoms with Gasteiger partial charge in [-0.25, -0.2) is 0 Å². The fourth-order valence-corrected chi connectivity index (χ4v) is 2.28. The molecule has 2 heterocycles. The van der Waals surface area contributed by atoms with Crippen molar-refractivity contribution in [1.82, 2.24) is 5.32 Å². The Hall–Kier alpha value is -2.30. The van der Waals surface area contributed by atoms with Crippen LogP contribution in [0.15, 0.2) is 63.6 Å². The van der Waals surface area contributed by atoms with Crippen molar-refractivity contribution in [3.63, 3.8) is 0 Å². The molecule has 3 rings (SSSR count). The monoisotopic (exact) mass is 297 g/mol. The largest absolute Gasteiger partial charge is 0.468 e. The molecule has 0 amide bonds. The van der Waals surface area contributed by atoms with Crippen LogP contribution in [0.3, 0.4) is 0 Å². The molecule has 0 fully saturated rings. The van der Waals surface area contributed by atoms with Crippen molar-refractivity contribution in [2.45, 2.75) is 26.1 Å². The lowest BCUT2D eigenvalue weighted by molar-refractivity contribution is 0.199. The van der Waals surface area contributed by atoms with Crippen LogP contribution in [0.2, 0.25) is 0 Å². The normalized spacial score (nSPS) is 12.5. The molecule has 0 aliphatic rings. The maximum absolute atomic E-state index is 9.53. The van der Waals surface area contributed by atoms with Crippen molar-refractivity contribution in [3.8, 4) is 11.3 Å². The number of rotatable bonds is 6. The summed E-state index contributed by atoms with van der Waals surface area (Å²) in [5.41, 5.74) is 1.90. The van der Waals surface area contributed by atoms with Crippen LogP contribution in [0, 0.1) is 0 Å². The molecule has 0 spiro atoms. The highest BCUT2D eigenvalue weighted by Crippen LogP contribution is 2.24. The van der Waals surface area contributed by atoms with Gasteiger partial charge in [0, 0.05) is 5.56 Å². The van der Waals surface area contributed by atoms with Crippen LogP contribution in [0.5, 0.6) is 0 Å². The summed E-state index contributed by atoms with van der Waals surface area (Å²) in [4.78, 5) is 0. The van der Waals surface area contributed by atoms with E-state index in [0.29, 0.717) is 13.1 Å². The topological polar surface area (TPSA) is 58.5 Å². The molecule has 0 radical (unpaired) electrons. The van der Waals surface area contributed by atoms with Gasteiger partial charge in [0.15, 0.2) is 0 Å². The highest BCUT2D eigenvalue weighted by molar-refractivity contribution is 5.58. The predicted octanol–water partition coefficient (Wildman–Crippen LogP) is 3.88. The van der Waals surface area contributed by atoms with Gasteiger partial charge in [-0.2, -0.15) is 0 Å². The first-order chi connectivity index (χ1) is 10.7. The molecule has 0 aliphatic carbocycles. The van der Waals surface area contributed by atoms with Gasteiger partial charge in [-0.05, 0) is 36.8 Å². The first-order valence-corrected chi connectivity index (χ1v) is 7.32. The van der Waals surface area contributed by atoms with Crippen molar-refractivity contribution in [2.75, 3.05) is 0 Å². The van der Waals surface area contributed by atoms with Gasteiger partial charge in [0.1, 0.15) is 17.3 Å². The fourth-order valence-electron chi connectivity index (χ4n) is 2.28. The summed E-state index contributed by atoms with van der Waals surface area (Å²) in [6, 6.07) is 15.5. The average Bonchev–Trinajstić information content (AvgIpc) is 3.19. The van der Waals surface area contributed by atoms with Gasteiger partial charge in [0.25, 0.3) is 0 Å². The highest BCUT2D eigenvalue weighted by Gasteiger charge is 2.06. The Bertz CT molecular complexity index is 696. The van der Waals surface area contributed by atoms with Crippen LogP contribution >= 0.6 is 0 Å².